The van der Waals surface area contributed by atoms with Crippen LogP contribution in [-0.2, 0) is 6.54 Å². The lowest BCUT2D eigenvalue weighted by Gasteiger charge is -1.95. The Morgan fingerprint density at radius 2 is 2.38 bits per heavy atom. The van der Waals surface area contributed by atoms with Gasteiger partial charge in [-0.15, -0.1) is 0 Å². The number of nitrogens with one attached hydrogen (secondary N) is 1. The van der Waals surface area contributed by atoms with Gasteiger partial charge in [-0.25, -0.2) is 4.98 Å². The van der Waals surface area contributed by atoms with Crippen molar-refractivity contribution in [2.75, 3.05) is 5.32 Å². The van der Waals surface area contributed by atoms with Gasteiger partial charge in [0.15, 0.2) is 16.1 Å². The van der Waals surface area contributed by atoms with Crippen molar-refractivity contribution in [3.8, 4) is 6.07 Å². The van der Waals surface area contributed by atoms with Crippen molar-refractivity contribution in [2.24, 2.45) is 0 Å². The Labute approximate surface area is 99.9 Å². The van der Waals surface area contributed by atoms with E-state index in [0.29, 0.717) is 28.3 Å². The van der Waals surface area contributed by atoms with Gasteiger partial charge in [0.1, 0.15) is 10.9 Å². The van der Waals surface area contributed by atoms with Crippen LogP contribution < -0.4 is 5.32 Å². The summed E-state index contributed by atoms with van der Waals surface area (Å²) in [6.45, 7) is 2.09. The summed E-state index contributed by atoms with van der Waals surface area (Å²) in [5, 5.41) is 16.1. The quantitative estimate of drug-likeness (QED) is 0.902. The van der Waals surface area contributed by atoms with E-state index in [1.807, 2.05) is 6.07 Å². The molecule has 6 nitrogen and oxygen atoms in total. The lowest BCUT2D eigenvalue weighted by molar-refractivity contribution is 0.388. The first kappa shape index (κ1) is 10.9. The number of aromatic nitrogens is 3. The molecule has 0 aliphatic carbocycles. The SMILES string of the molecule is Cc1nc(CNc2nc(Cl)c(C#N)s2)no1. The van der Waals surface area contributed by atoms with Crippen LogP contribution in [0.1, 0.15) is 16.6 Å². The molecule has 0 unspecified atom stereocenters. The maximum absolute atomic E-state index is 8.69. The fraction of sp³-hybridized carbons (Fsp3) is 0.250. The van der Waals surface area contributed by atoms with Crippen LogP contribution in [0.15, 0.2) is 4.52 Å². The van der Waals surface area contributed by atoms with Crippen molar-refractivity contribution >= 4 is 28.1 Å². The maximum Gasteiger partial charge on any atom is 0.223 e. The van der Waals surface area contributed by atoms with E-state index in [2.05, 4.69) is 20.4 Å². The Hall–Kier alpha value is -1.65. The predicted molar refractivity (Wildman–Crippen MR) is 58.2 cm³/mol. The fourth-order valence-electron chi connectivity index (χ4n) is 1.01. The molecule has 0 aliphatic heterocycles. The number of rotatable bonds is 3. The average Bonchev–Trinajstić information content (AvgIpc) is 2.82. The predicted octanol–water partition coefficient (Wildman–Crippen LogP) is 1.97. The van der Waals surface area contributed by atoms with Crippen LogP contribution in [0, 0.1) is 18.3 Å². The second-order valence-corrected chi connectivity index (χ2v) is 4.19. The molecular weight excluding hydrogens is 250 g/mol. The van der Waals surface area contributed by atoms with E-state index < -0.39 is 0 Å². The lowest BCUT2D eigenvalue weighted by Crippen LogP contribution is -2.00. The number of anilines is 1. The Kier molecular flexibility index (Phi) is 3.03. The molecule has 2 aromatic heterocycles. The lowest BCUT2D eigenvalue weighted by atomic mass is 10.6. The molecule has 0 radical (unpaired) electrons. The van der Waals surface area contributed by atoms with Crippen molar-refractivity contribution in [1.82, 2.24) is 15.1 Å². The van der Waals surface area contributed by atoms with Crippen LogP contribution in [0.4, 0.5) is 5.13 Å². The molecule has 0 spiro atoms. The summed E-state index contributed by atoms with van der Waals surface area (Å²) >= 11 is 6.90. The molecule has 0 saturated carbocycles. The highest BCUT2D eigenvalue weighted by molar-refractivity contribution is 7.16. The third-order valence-corrected chi connectivity index (χ3v) is 2.96. The number of thiazole rings is 1. The summed E-state index contributed by atoms with van der Waals surface area (Å²) in [4.78, 5) is 8.36. The first-order valence-electron chi connectivity index (χ1n) is 4.28. The summed E-state index contributed by atoms with van der Waals surface area (Å²) in [5.41, 5.74) is 0. The van der Waals surface area contributed by atoms with Gasteiger partial charge in [0.25, 0.3) is 0 Å². The fourth-order valence-corrected chi connectivity index (χ4v) is 1.96. The summed E-state index contributed by atoms with van der Waals surface area (Å²) in [5.74, 6) is 1.04. The first-order chi connectivity index (χ1) is 7.69. The smallest absolute Gasteiger partial charge is 0.223 e. The number of nitrogens with zero attached hydrogens (tertiary/aromatic N) is 4. The zero-order valence-electron chi connectivity index (χ0n) is 8.19. The van der Waals surface area contributed by atoms with Gasteiger partial charge >= 0.3 is 0 Å². The molecule has 0 bridgehead atoms. The van der Waals surface area contributed by atoms with E-state index in [0.717, 1.165) is 0 Å². The van der Waals surface area contributed by atoms with Crippen LogP contribution in [-0.4, -0.2) is 15.1 Å². The monoisotopic (exact) mass is 255 g/mol. The number of halogens is 1. The number of nitriles is 1. The number of aryl methyl sites for hydroxylation is 1. The topological polar surface area (TPSA) is 87.6 Å². The zero-order chi connectivity index (χ0) is 11.5. The van der Waals surface area contributed by atoms with Gasteiger partial charge in [0.2, 0.25) is 5.89 Å². The molecular formula is C8H6ClN5OS. The molecule has 0 fully saturated rings. The van der Waals surface area contributed by atoms with Gasteiger partial charge in [-0.3, -0.25) is 0 Å². The van der Waals surface area contributed by atoms with Gasteiger partial charge in [0.05, 0.1) is 6.54 Å². The van der Waals surface area contributed by atoms with Crippen LogP contribution in [0.5, 0.6) is 0 Å². The third-order valence-electron chi connectivity index (χ3n) is 1.65. The standard InChI is InChI=1S/C8H6ClN5OS/c1-4-12-6(14-15-4)3-11-8-13-7(9)5(2-10)16-8/h3H2,1H3,(H,11,13). The zero-order valence-corrected chi connectivity index (χ0v) is 9.76. The molecule has 0 aromatic carbocycles. The normalized spacial score (nSPS) is 10.1. The van der Waals surface area contributed by atoms with Crippen LogP contribution in [0.3, 0.4) is 0 Å². The Morgan fingerprint density at radius 1 is 1.56 bits per heavy atom. The Morgan fingerprint density at radius 3 is 2.94 bits per heavy atom. The molecule has 0 amide bonds. The van der Waals surface area contributed by atoms with E-state index in [4.69, 9.17) is 21.4 Å². The van der Waals surface area contributed by atoms with Crippen LogP contribution in [0.25, 0.3) is 0 Å². The highest BCUT2D eigenvalue weighted by atomic mass is 35.5. The molecule has 2 heterocycles. The molecule has 0 saturated heterocycles. The molecule has 8 heteroatoms. The molecule has 16 heavy (non-hydrogen) atoms. The van der Waals surface area contributed by atoms with Crippen molar-refractivity contribution in [3.05, 3.63) is 21.7 Å². The minimum atomic E-state index is 0.208. The van der Waals surface area contributed by atoms with Crippen LogP contribution in [0.2, 0.25) is 5.15 Å². The van der Waals surface area contributed by atoms with Crippen molar-refractivity contribution in [3.63, 3.8) is 0 Å². The molecule has 0 aliphatic rings. The van der Waals surface area contributed by atoms with Gasteiger partial charge in [-0.05, 0) is 0 Å². The van der Waals surface area contributed by atoms with Gasteiger partial charge in [0, 0.05) is 6.92 Å². The third kappa shape index (κ3) is 2.29. The first-order valence-corrected chi connectivity index (χ1v) is 5.48. The number of hydrogen-bond donors (Lipinski definition) is 1. The molecule has 82 valence electrons. The minimum absolute atomic E-state index is 0.208. The molecule has 1 N–H and O–H groups in total. The average molecular weight is 256 g/mol. The second kappa shape index (κ2) is 4.47. The Bertz CT molecular complexity index is 543. The second-order valence-electron chi connectivity index (χ2n) is 2.83. The van der Waals surface area contributed by atoms with E-state index in [-0.39, 0.29) is 5.15 Å². The molecule has 2 aromatic rings. The van der Waals surface area contributed by atoms with E-state index in [1.165, 1.54) is 11.3 Å². The summed E-state index contributed by atoms with van der Waals surface area (Å²) in [7, 11) is 0. The van der Waals surface area contributed by atoms with Gasteiger partial charge in [-0.1, -0.05) is 28.1 Å². The molecule has 2 rings (SSSR count). The summed E-state index contributed by atoms with van der Waals surface area (Å²) < 4.78 is 4.81. The van der Waals surface area contributed by atoms with Crippen molar-refractivity contribution in [1.29, 1.82) is 5.26 Å². The maximum atomic E-state index is 8.69. The highest BCUT2D eigenvalue weighted by Crippen LogP contribution is 2.25. The largest absolute Gasteiger partial charge is 0.354 e. The van der Waals surface area contributed by atoms with Gasteiger partial charge < -0.3 is 9.84 Å². The van der Waals surface area contributed by atoms with Crippen molar-refractivity contribution < 1.29 is 4.52 Å². The highest BCUT2D eigenvalue weighted by Gasteiger charge is 2.09. The molecule has 0 atom stereocenters. The number of hydrogen-bond acceptors (Lipinski definition) is 7. The van der Waals surface area contributed by atoms with Gasteiger partial charge in [-0.2, -0.15) is 10.2 Å². The van der Waals surface area contributed by atoms with E-state index in [1.54, 1.807) is 6.92 Å². The Balaban J connectivity index is 2.02. The van der Waals surface area contributed by atoms with E-state index >= 15 is 0 Å². The summed E-state index contributed by atoms with van der Waals surface area (Å²) in [6, 6.07) is 1.95. The minimum Gasteiger partial charge on any atom is -0.354 e. The van der Waals surface area contributed by atoms with Crippen LogP contribution >= 0.6 is 22.9 Å². The van der Waals surface area contributed by atoms with Crippen molar-refractivity contribution in [2.45, 2.75) is 13.5 Å². The summed E-state index contributed by atoms with van der Waals surface area (Å²) in [6.07, 6.45) is 0. The van der Waals surface area contributed by atoms with E-state index in [9.17, 15) is 0 Å².